The van der Waals surface area contributed by atoms with E-state index < -0.39 is 4.92 Å². The number of nitrogens with zero attached hydrogens (tertiary/aromatic N) is 2. The molecule has 2 atom stereocenters. The zero-order valence-electron chi connectivity index (χ0n) is 16.3. The van der Waals surface area contributed by atoms with Crippen LogP contribution in [0.2, 0.25) is 0 Å². The van der Waals surface area contributed by atoms with Crippen LogP contribution in [-0.4, -0.2) is 30.6 Å². The highest BCUT2D eigenvalue weighted by atomic mass is 127. The van der Waals surface area contributed by atoms with Crippen LogP contribution in [0, 0.1) is 10.1 Å². The number of hydrogen-bond acceptors (Lipinski definition) is 4. The first-order valence-corrected chi connectivity index (χ1v) is 8.84. The van der Waals surface area contributed by atoms with Crippen LogP contribution in [0.5, 0.6) is 0 Å². The largest absolute Gasteiger partial charge is 0.383 e. The molecule has 0 aliphatic rings. The van der Waals surface area contributed by atoms with Gasteiger partial charge in [0.25, 0.3) is 5.69 Å². The molecule has 7 nitrogen and oxygen atoms in total. The summed E-state index contributed by atoms with van der Waals surface area (Å²) < 4.78 is 5.18. The smallest absolute Gasteiger partial charge is 0.269 e. The number of nitro benzene ring substituents is 1. The molecule has 2 rings (SSSR count). The van der Waals surface area contributed by atoms with E-state index in [-0.39, 0.29) is 41.7 Å². The molecule has 2 unspecified atom stereocenters. The summed E-state index contributed by atoms with van der Waals surface area (Å²) >= 11 is 0. The van der Waals surface area contributed by atoms with E-state index >= 15 is 0 Å². The second-order valence-corrected chi connectivity index (χ2v) is 6.37. The maximum Gasteiger partial charge on any atom is 0.269 e. The summed E-state index contributed by atoms with van der Waals surface area (Å²) in [6.45, 7) is 5.05. The average molecular weight is 498 g/mol. The van der Waals surface area contributed by atoms with Crippen molar-refractivity contribution in [1.29, 1.82) is 0 Å². The number of hydrogen-bond donors (Lipinski definition) is 2. The Kier molecular flexibility index (Phi) is 10.5. The molecule has 28 heavy (non-hydrogen) atoms. The number of aliphatic imine (C=N–C) groups is 1. The number of benzene rings is 2. The lowest BCUT2D eigenvalue weighted by atomic mass is 10.1. The highest BCUT2D eigenvalue weighted by molar-refractivity contribution is 14.0. The van der Waals surface area contributed by atoms with E-state index in [0.29, 0.717) is 19.1 Å². The number of non-ortho nitro benzene ring substituents is 1. The number of ether oxygens (including phenoxy) is 1. The number of nitrogens with one attached hydrogen (secondary N) is 2. The number of methoxy groups -OCH3 is 1. The molecule has 2 N–H and O–H groups in total. The summed E-state index contributed by atoms with van der Waals surface area (Å²) in [5, 5.41) is 17.5. The van der Waals surface area contributed by atoms with Gasteiger partial charge in [0.2, 0.25) is 0 Å². The van der Waals surface area contributed by atoms with Crippen LogP contribution < -0.4 is 10.6 Å². The van der Waals surface area contributed by atoms with Crippen LogP contribution in [0.15, 0.2) is 59.6 Å². The van der Waals surface area contributed by atoms with Crippen molar-refractivity contribution in [3.8, 4) is 0 Å². The molecule has 0 saturated heterocycles. The number of guanidine groups is 1. The molecular formula is C20H27IN4O3. The summed E-state index contributed by atoms with van der Waals surface area (Å²) in [5.41, 5.74) is 2.13. The molecule has 0 bridgehead atoms. The lowest BCUT2D eigenvalue weighted by molar-refractivity contribution is -0.384. The third kappa shape index (κ3) is 7.81. The first-order chi connectivity index (χ1) is 13.0. The topological polar surface area (TPSA) is 88.8 Å². The van der Waals surface area contributed by atoms with Crippen LogP contribution in [0.3, 0.4) is 0 Å². The minimum Gasteiger partial charge on any atom is -0.383 e. The summed E-state index contributed by atoms with van der Waals surface area (Å²) in [6, 6.07) is 16.7. The van der Waals surface area contributed by atoms with Crippen LogP contribution in [-0.2, 0) is 11.3 Å². The second-order valence-electron chi connectivity index (χ2n) is 6.37. The van der Waals surface area contributed by atoms with Gasteiger partial charge < -0.3 is 15.4 Å². The Labute approximate surface area is 182 Å². The van der Waals surface area contributed by atoms with Crippen molar-refractivity contribution in [2.24, 2.45) is 4.99 Å². The van der Waals surface area contributed by atoms with Gasteiger partial charge in [-0.3, -0.25) is 10.1 Å². The molecule has 0 aliphatic heterocycles. The Morgan fingerprint density at radius 1 is 1.11 bits per heavy atom. The van der Waals surface area contributed by atoms with Gasteiger partial charge >= 0.3 is 0 Å². The fourth-order valence-electron chi connectivity index (χ4n) is 2.58. The number of rotatable bonds is 8. The van der Waals surface area contributed by atoms with Crippen molar-refractivity contribution < 1.29 is 9.66 Å². The summed E-state index contributed by atoms with van der Waals surface area (Å²) in [4.78, 5) is 15.0. The first-order valence-electron chi connectivity index (χ1n) is 8.84. The number of halogens is 1. The predicted molar refractivity (Wildman–Crippen MR) is 122 cm³/mol. The average Bonchev–Trinajstić information content (AvgIpc) is 2.67. The minimum atomic E-state index is -0.407. The fourth-order valence-corrected chi connectivity index (χ4v) is 2.58. The van der Waals surface area contributed by atoms with E-state index in [1.165, 1.54) is 12.1 Å². The van der Waals surface area contributed by atoms with Crippen LogP contribution >= 0.6 is 24.0 Å². The molecular weight excluding hydrogens is 471 g/mol. The molecule has 0 aromatic heterocycles. The van der Waals surface area contributed by atoms with Gasteiger partial charge in [0.1, 0.15) is 0 Å². The van der Waals surface area contributed by atoms with Crippen molar-refractivity contribution >= 4 is 35.6 Å². The van der Waals surface area contributed by atoms with Crippen molar-refractivity contribution in [2.75, 3.05) is 13.7 Å². The molecule has 2 aromatic carbocycles. The predicted octanol–water partition coefficient (Wildman–Crippen LogP) is 4.04. The van der Waals surface area contributed by atoms with Gasteiger partial charge in [0.15, 0.2) is 5.96 Å². The zero-order valence-corrected chi connectivity index (χ0v) is 18.6. The molecule has 2 aromatic rings. The molecule has 0 radical (unpaired) electrons. The SMILES string of the molecule is COCC(C)NC(=NCc1ccc([N+](=O)[O-])cc1)NC(C)c1ccccc1.I. The van der Waals surface area contributed by atoms with Gasteiger partial charge in [0.05, 0.1) is 24.1 Å². The highest BCUT2D eigenvalue weighted by Gasteiger charge is 2.11. The quantitative estimate of drug-likeness (QED) is 0.189. The van der Waals surface area contributed by atoms with Gasteiger partial charge in [-0.05, 0) is 25.0 Å². The molecule has 152 valence electrons. The molecule has 0 saturated carbocycles. The van der Waals surface area contributed by atoms with Gasteiger partial charge in [-0.1, -0.05) is 42.5 Å². The van der Waals surface area contributed by atoms with Crippen LogP contribution in [0.25, 0.3) is 0 Å². The highest BCUT2D eigenvalue weighted by Crippen LogP contribution is 2.13. The third-order valence-corrected chi connectivity index (χ3v) is 4.02. The third-order valence-electron chi connectivity index (χ3n) is 4.02. The van der Waals surface area contributed by atoms with Crippen LogP contribution in [0.4, 0.5) is 5.69 Å². The van der Waals surface area contributed by atoms with E-state index in [4.69, 9.17) is 4.74 Å². The van der Waals surface area contributed by atoms with Crippen molar-refractivity contribution in [1.82, 2.24) is 10.6 Å². The van der Waals surface area contributed by atoms with E-state index in [0.717, 1.165) is 11.1 Å². The van der Waals surface area contributed by atoms with Crippen LogP contribution in [0.1, 0.15) is 31.0 Å². The minimum absolute atomic E-state index is 0. The van der Waals surface area contributed by atoms with E-state index in [9.17, 15) is 10.1 Å². The van der Waals surface area contributed by atoms with Gasteiger partial charge in [-0.2, -0.15) is 0 Å². The van der Waals surface area contributed by atoms with Crippen molar-refractivity contribution in [3.63, 3.8) is 0 Å². The second kappa shape index (κ2) is 12.3. The molecule has 0 spiro atoms. The summed E-state index contributed by atoms with van der Waals surface area (Å²) in [7, 11) is 1.66. The summed E-state index contributed by atoms with van der Waals surface area (Å²) in [5.74, 6) is 0.661. The van der Waals surface area contributed by atoms with Crippen molar-refractivity contribution in [2.45, 2.75) is 32.5 Å². The maximum atomic E-state index is 10.8. The lowest BCUT2D eigenvalue weighted by Crippen LogP contribution is -2.44. The molecule has 8 heteroatoms. The standard InChI is InChI=1S/C20H26N4O3.HI/c1-15(14-27-3)22-20(23-16(2)18-7-5-4-6-8-18)21-13-17-9-11-19(12-10-17)24(25)26;/h4-12,15-16H,13-14H2,1-3H3,(H2,21,22,23);1H. The maximum absolute atomic E-state index is 10.8. The zero-order chi connectivity index (χ0) is 19.6. The Hall–Kier alpha value is -2.20. The summed E-state index contributed by atoms with van der Waals surface area (Å²) in [6.07, 6.45) is 0. The normalized spacial score (nSPS) is 13.2. The van der Waals surface area contributed by atoms with E-state index in [1.807, 2.05) is 25.1 Å². The van der Waals surface area contributed by atoms with E-state index in [2.05, 4.69) is 34.7 Å². The van der Waals surface area contributed by atoms with Crippen molar-refractivity contribution in [3.05, 3.63) is 75.8 Å². The van der Waals surface area contributed by atoms with Gasteiger partial charge in [0, 0.05) is 25.3 Å². The Balaban J connectivity index is 0.00000392. The molecule has 0 heterocycles. The van der Waals surface area contributed by atoms with Gasteiger partial charge in [-0.15, -0.1) is 24.0 Å². The Morgan fingerprint density at radius 2 is 1.75 bits per heavy atom. The fraction of sp³-hybridized carbons (Fsp3) is 0.350. The molecule has 0 amide bonds. The monoisotopic (exact) mass is 498 g/mol. The Morgan fingerprint density at radius 3 is 2.32 bits per heavy atom. The van der Waals surface area contributed by atoms with Gasteiger partial charge in [-0.25, -0.2) is 4.99 Å². The lowest BCUT2D eigenvalue weighted by Gasteiger charge is -2.22. The number of nitro groups is 1. The first kappa shape index (κ1) is 23.8. The molecule has 0 aliphatic carbocycles. The molecule has 0 fully saturated rings. The Bertz CT molecular complexity index is 754. The van der Waals surface area contributed by atoms with E-state index in [1.54, 1.807) is 19.2 Å².